The lowest BCUT2D eigenvalue weighted by Crippen LogP contribution is -2.42. The second kappa shape index (κ2) is 5.92. The van der Waals surface area contributed by atoms with E-state index in [2.05, 4.69) is 15.9 Å². The van der Waals surface area contributed by atoms with Gasteiger partial charge in [0.05, 0.1) is 5.75 Å². The number of carbonyl (C=O) groups is 1. The highest BCUT2D eigenvalue weighted by molar-refractivity contribution is 9.10. The zero-order chi connectivity index (χ0) is 14.7. The van der Waals surface area contributed by atoms with Gasteiger partial charge >= 0.3 is 5.97 Å². The molecule has 0 atom stereocenters. The summed E-state index contributed by atoms with van der Waals surface area (Å²) in [6, 6.07) is 6.92. The summed E-state index contributed by atoms with van der Waals surface area (Å²) >= 11 is 3.27. The van der Waals surface area contributed by atoms with Crippen molar-refractivity contribution in [2.24, 2.45) is 0 Å². The summed E-state index contributed by atoms with van der Waals surface area (Å²) in [5.41, 5.74) is 0. The van der Waals surface area contributed by atoms with Crippen molar-refractivity contribution in [3.8, 4) is 5.75 Å². The Morgan fingerprint density at radius 3 is 2.32 bits per heavy atom. The Labute approximate surface area is 120 Å². The number of hydrogen-bond acceptors (Lipinski definition) is 4. The zero-order valence-corrected chi connectivity index (χ0v) is 13.0. The average molecular weight is 351 g/mol. The Balaban J connectivity index is 2.62. The summed E-state index contributed by atoms with van der Waals surface area (Å²) in [6.07, 6.45) is 0. The van der Waals surface area contributed by atoms with Gasteiger partial charge < -0.3 is 9.84 Å². The number of aliphatic carboxylic acids is 1. The number of benzene rings is 1. The molecule has 19 heavy (non-hydrogen) atoms. The van der Waals surface area contributed by atoms with E-state index in [-0.39, 0.29) is 12.4 Å². The van der Waals surface area contributed by atoms with Gasteiger partial charge in [0.1, 0.15) is 12.4 Å². The van der Waals surface area contributed by atoms with Crippen LogP contribution < -0.4 is 4.74 Å². The first kappa shape index (κ1) is 16.0. The van der Waals surface area contributed by atoms with Crippen LogP contribution in [0.3, 0.4) is 0 Å². The van der Waals surface area contributed by atoms with Crippen molar-refractivity contribution in [2.75, 3.05) is 12.4 Å². The van der Waals surface area contributed by atoms with Gasteiger partial charge in [-0.15, -0.1) is 0 Å². The van der Waals surface area contributed by atoms with Crippen molar-refractivity contribution in [1.82, 2.24) is 0 Å². The van der Waals surface area contributed by atoms with Crippen molar-refractivity contribution < 1.29 is 23.1 Å². The Hall–Kier alpha value is -1.08. The van der Waals surface area contributed by atoms with Crippen LogP contribution in [-0.2, 0) is 14.6 Å². The number of carboxylic acid groups (broad SMARTS) is 1. The van der Waals surface area contributed by atoms with Crippen LogP contribution in [0.1, 0.15) is 13.8 Å². The van der Waals surface area contributed by atoms with Crippen LogP contribution in [0.5, 0.6) is 5.75 Å². The molecule has 1 rings (SSSR count). The third-order valence-corrected chi connectivity index (χ3v) is 5.69. The van der Waals surface area contributed by atoms with E-state index in [1.807, 2.05) is 0 Å². The van der Waals surface area contributed by atoms with Gasteiger partial charge in [0.15, 0.2) is 14.6 Å². The van der Waals surface area contributed by atoms with E-state index < -0.39 is 20.6 Å². The molecule has 0 aliphatic carbocycles. The molecule has 0 heterocycles. The minimum absolute atomic E-state index is 0.0827. The Morgan fingerprint density at radius 1 is 1.32 bits per heavy atom. The van der Waals surface area contributed by atoms with Crippen molar-refractivity contribution in [3.05, 3.63) is 28.7 Å². The monoisotopic (exact) mass is 350 g/mol. The Morgan fingerprint density at radius 2 is 1.84 bits per heavy atom. The highest BCUT2D eigenvalue weighted by Gasteiger charge is 2.41. The van der Waals surface area contributed by atoms with Crippen LogP contribution in [0, 0.1) is 0 Å². The largest absolute Gasteiger partial charge is 0.493 e. The number of sulfone groups is 1. The van der Waals surface area contributed by atoms with Gasteiger partial charge in [0.25, 0.3) is 0 Å². The first-order valence-electron chi connectivity index (χ1n) is 5.51. The Bertz CT molecular complexity index is 548. The zero-order valence-electron chi connectivity index (χ0n) is 10.6. The third kappa shape index (κ3) is 3.94. The summed E-state index contributed by atoms with van der Waals surface area (Å²) < 4.78 is 28.1. The first-order chi connectivity index (χ1) is 8.67. The molecule has 0 aliphatic rings. The molecule has 1 aromatic carbocycles. The molecular weight excluding hydrogens is 336 g/mol. The lowest BCUT2D eigenvalue weighted by atomic mass is 10.2. The third-order valence-electron chi connectivity index (χ3n) is 2.73. The highest BCUT2D eigenvalue weighted by atomic mass is 79.9. The number of carboxylic acids is 1. The van der Waals surface area contributed by atoms with Gasteiger partial charge in [-0.25, -0.2) is 8.42 Å². The van der Waals surface area contributed by atoms with E-state index in [4.69, 9.17) is 9.84 Å². The summed E-state index contributed by atoms with van der Waals surface area (Å²) in [6.45, 7) is 2.26. The molecule has 1 aromatic rings. The van der Waals surface area contributed by atoms with Gasteiger partial charge in [0, 0.05) is 4.47 Å². The molecule has 0 amide bonds. The first-order valence-corrected chi connectivity index (χ1v) is 7.95. The van der Waals surface area contributed by atoms with Crippen LogP contribution in [0.4, 0.5) is 0 Å². The molecule has 0 bridgehead atoms. The summed E-state index contributed by atoms with van der Waals surface area (Å²) in [5.74, 6) is -1.18. The topological polar surface area (TPSA) is 80.7 Å². The standard InChI is InChI=1S/C12H15BrO5S/c1-12(2,11(14)15)19(16,17)8-7-18-10-5-3-9(13)4-6-10/h3-6H,7-8H2,1-2H3,(H,14,15). The van der Waals surface area contributed by atoms with Gasteiger partial charge in [0.2, 0.25) is 0 Å². The molecule has 0 spiro atoms. The molecule has 5 nitrogen and oxygen atoms in total. The number of rotatable bonds is 6. The molecule has 1 N–H and O–H groups in total. The molecule has 0 fully saturated rings. The fourth-order valence-corrected chi connectivity index (χ4v) is 2.53. The molecule has 0 aliphatic heterocycles. The maximum Gasteiger partial charge on any atom is 0.324 e. The van der Waals surface area contributed by atoms with E-state index in [1.165, 1.54) is 13.8 Å². The fourth-order valence-electron chi connectivity index (χ4n) is 1.19. The quantitative estimate of drug-likeness (QED) is 0.849. The average Bonchev–Trinajstić information content (AvgIpc) is 2.31. The van der Waals surface area contributed by atoms with Crippen LogP contribution in [0.15, 0.2) is 28.7 Å². The van der Waals surface area contributed by atoms with E-state index in [0.717, 1.165) is 4.47 Å². The van der Waals surface area contributed by atoms with Crippen molar-refractivity contribution >= 4 is 31.7 Å². The van der Waals surface area contributed by atoms with Crippen LogP contribution in [0.2, 0.25) is 0 Å². The van der Waals surface area contributed by atoms with E-state index >= 15 is 0 Å². The SMILES string of the molecule is CC(C)(C(=O)O)S(=O)(=O)CCOc1ccc(Br)cc1. The van der Waals surface area contributed by atoms with E-state index in [9.17, 15) is 13.2 Å². The number of ether oxygens (including phenoxy) is 1. The van der Waals surface area contributed by atoms with Crippen LogP contribution in [-0.4, -0.2) is 36.6 Å². The van der Waals surface area contributed by atoms with Crippen molar-refractivity contribution in [3.63, 3.8) is 0 Å². The molecule has 0 saturated heterocycles. The Kier molecular flexibility index (Phi) is 4.98. The molecule has 0 aromatic heterocycles. The maximum atomic E-state index is 11.9. The minimum atomic E-state index is -3.77. The smallest absolute Gasteiger partial charge is 0.324 e. The van der Waals surface area contributed by atoms with Crippen molar-refractivity contribution in [2.45, 2.75) is 18.6 Å². The van der Waals surface area contributed by atoms with Crippen molar-refractivity contribution in [1.29, 1.82) is 0 Å². The van der Waals surface area contributed by atoms with E-state index in [0.29, 0.717) is 5.75 Å². The van der Waals surface area contributed by atoms with Gasteiger partial charge in [-0.1, -0.05) is 15.9 Å². The highest BCUT2D eigenvalue weighted by Crippen LogP contribution is 2.19. The lowest BCUT2D eigenvalue weighted by Gasteiger charge is -2.19. The second-order valence-corrected chi connectivity index (χ2v) is 8.01. The summed E-state index contributed by atoms with van der Waals surface area (Å²) in [5, 5.41) is 8.90. The number of hydrogen-bond donors (Lipinski definition) is 1. The molecule has 106 valence electrons. The molecule has 0 unspecified atom stereocenters. The van der Waals surface area contributed by atoms with Gasteiger partial charge in [-0.3, -0.25) is 4.79 Å². The molecular formula is C12H15BrO5S. The van der Waals surface area contributed by atoms with Gasteiger partial charge in [-0.2, -0.15) is 0 Å². The predicted molar refractivity (Wildman–Crippen MR) is 75.1 cm³/mol. The summed E-state index contributed by atoms with van der Waals surface area (Å²) in [4.78, 5) is 10.9. The second-order valence-electron chi connectivity index (χ2n) is 4.44. The molecule has 7 heteroatoms. The van der Waals surface area contributed by atoms with Gasteiger partial charge in [-0.05, 0) is 38.1 Å². The molecule has 0 saturated carbocycles. The normalized spacial score (nSPS) is 12.2. The molecule has 0 radical (unpaired) electrons. The van der Waals surface area contributed by atoms with Crippen LogP contribution in [0.25, 0.3) is 0 Å². The fraction of sp³-hybridized carbons (Fsp3) is 0.417. The maximum absolute atomic E-state index is 11.9. The predicted octanol–water partition coefficient (Wildman–Crippen LogP) is 2.11. The summed E-state index contributed by atoms with van der Waals surface area (Å²) in [7, 11) is -3.77. The lowest BCUT2D eigenvalue weighted by molar-refractivity contribution is -0.139. The minimum Gasteiger partial charge on any atom is -0.493 e. The number of halogens is 1. The van der Waals surface area contributed by atoms with E-state index in [1.54, 1.807) is 24.3 Å². The van der Waals surface area contributed by atoms with Crippen LogP contribution >= 0.6 is 15.9 Å².